The molecule has 1 aliphatic heterocycles. The first-order valence-electron chi connectivity index (χ1n) is 11.3. The molecule has 0 radical (unpaired) electrons. The molecule has 1 N–H and O–H groups in total. The Morgan fingerprint density at radius 3 is 2.67 bits per heavy atom. The molecule has 0 atom stereocenters. The van der Waals surface area contributed by atoms with Gasteiger partial charge in [0.25, 0.3) is 11.5 Å². The van der Waals surface area contributed by atoms with E-state index in [1.54, 1.807) is 24.4 Å². The molecule has 5 rings (SSSR count). The minimum Gasteiger partial charge on any atom is -0.379 e. The Labute approximate surface area is 191 Å². The van der Waals surface area contributed by atoms with Gasteiger partial charge >= 0.3 is 0 Å². The lowest BCUT2D eigenvalue weighted by Gasteiger charge is -2.26. The van der Waals surface area contributed by atoms with Crippen LogP contribution in [0.2, 0.25) is 0 Å². The fourth-order valence-corrected chi connectivity index (χ4v) is 4.29. The van der Waals surface area contributed by atoms with E-state index in [4.69, 9.17) is 9.72 Å². The number of hydrogen-bond acceptors (Lipinski definition) is 5. The molecule has 0 aliphatic carbocycles. The Kier molecular flexibility index (Phi) is 6.19. The first kappa shape index (κ1) is 21.4. The second kappa shape index (κ2) is 9.56. The fourth-order valence-electron chi connectivity index (χ4n) is 4.29. The van der Waals surface area contributed by atoms with Crippen molar-refractivity contribution in [1.29, 1.82) is 0 Å². The van der Waals surface area contributed by atoms with Crippen LogP contribution in [-0.4, -0.2) is 64.2 Å². The molecule has 170 valence electrons. The standard InChI is InChI=1S/C25H27N5O3/c31-24(26-10-6-11-28-13-15-33-16-14-28)21-17-20-23(30(21)18-19-7-2-1-3-8-19)27-22-9-4-5-12-29(22)25(20)32/h1-5,7-9,12,17H,6,10-11,13-16,18H2,(H,26,31). The highest BCUT2D eigenvalue weighted by molar-refractivity contribution is 5.98. The number of rotatable bonds is 7. The van der Waals surface area contributed by atoms with Gasteiger partial charge in [0.2, 0.25) is 0 Å². The molecule has 0 unspecified atom stereocenters. The molecular weight excluding hydrogens is 418 g/mol. The normalized spacial score (nSPS) is 14.7. The summed E-state index contributed by atoms with van der Waals surface area (Å²) in [6.45, 7) is 5.34. The first-order chi connectivity index (χ1) is 16.2. The average Bonchev–Trinajstić information content (AvgIpc) is 3.22. The summed E-state index contributed by atoms with van der Waals surface area (Å²) in [4.78, 5) is 33.4. The lowest BCUT2D eigenvalue weighted by atomic mass is 10.2. The van der Waals surface area contributed by atoms with E-state index < -0.39 is 0 Å². The van der Waals surface area contributed by atoms with E-state index in [2.05, 4.69) is 10.2 Å². The minimum absolute atomic E-state index is 0.177. The van der Waals surface area contributed by atoms with Gasteiger partial charge < -0.3 is 14.6 Å². The number of aromatic nitrogens is 3. The number of nitrogens with one attached hydrogen (secondary N) is 1. The molecule has 1 aromatic carbocycles. The maximum Gasteiger partial charge on any atom is 0.268 e. The molecule has 4 heterocycles. The molecule has 1 aliphatic rings. The number of benzene rings is 1. The molecule has 0 spiro atoms. The molecule has 33 heavy (non-hydrogen) atoms. The van der Waals surface area contributed by atoms with Crippen molar-refractivity contribution in [3.63, 3.8) is 0 Å². The van der Waals surface area contributed by atoms with Crippen molar-refractivity contribution in [1.82, 2.24) is 24.2 Å². The number of amides is 1. The molecule has 8 nitrogen and oxygen atoms in total. The second-order valence-electron chi connectivity index (χ2n) is 8.25. The van der Waals surface area contributed by atoms with Gasteiger partial charge in [-0.2, -0.15) is 0 Å². The summed E-state index contributed by atoms with van der Waals surface area (Å²) in [5.41, 5.74) is 2.38. The molecule has 1 amide bonds. The van der Waals surface area contributed by atoms with Crippen molar-refractivity contribution < 1.29 is 9.53 Å². The number of carbonyl (C=O) groups is 1. The number of fused-ring (bicyclic) bond motifs is 2. The SMILES string of the molecule is O=C(NCCCN1CCOCC1)c1cc2c(=O)n3ccccc3nc2n1Cc1ccccc1. The van der Waals surface area contributed by atoms with Crippen LogP contribution in [0.15, 0.2) is 65.6 Å². The van der Waals surface area contributed by atoms with Crippen molar-refractivity contribution in [3.8, 4) is 0 Å². The largest absolute Gasteiger partial charge is 0.379 e. The van der Waals surface area contributed by atoms with Gasteiger partial charge in [-0.15, -0.1) is 0 Å². The zero-order valence-electron chi connectivity index (χ0n) is 18.4. The highest BCUT2D eigenvalue weighted by Crippen LogP contribution is 2.19. The van der Waals surface area contributed by atoms with Crippen LogP contribution in [-0.2, 0) is 11.3 Å². The summed E-state index contributed by atoms with van der Waals surface area (Å²) in [5.74, 6) is -0.195. The molecular formula is C25H27N5O3. The lowest BCUT2D eigenvalue weighted by Crippen LogP contribution is -2.38. The third kappa shape index (κ3) is 4.53. The molecule has 1 saturated heterocycles. The predicted octanol–water partition coefficient (Wildman–Crippen LogP) is 2.15. The van der Waals surface area contributed by atoms with Crippen molar-refractivity contribution in [2.24, 2.45) is 0 Å². The zero-order chi connectivity index (χ0) is 22.6. The molecule has 0 bridgehead atoms. The summed E-state index contributed by atoms with van der Waals surface area (Å²) in [6, 6.07) is 17.0. The van der Waals surface area contributed by atoms with E-state index in [9.17, 15) is 9.59 Å². The second-order valence-corrected chi connectivity index (χ2v) is 8.25. The summed E-state index contributed by atoms with van der Waals surface area (Å²) < 4.78 is 8.74. The minimum atomic E-state index is -0.195. The van der Waals surface area contributed by atoms with E-state index in [0.717, 1.165) is 44.8 Å². The topological polar surface area (TPSA) is 80.9 Å². The monoisotopic (exact) mass is 445 g/mol. The van der Waals surface area contributed by atoms with Gasteiger partial charge in [0.05, 0.1) is 18.6 Å². The van der Waals surface area contributed by atoms with Gasteiger partial charge in [-0.25, -0.2) is 4.98 Å². The zero-order valence-corrected chi connectivity index (χ0v) is 18.4. The van der Waals surface area contributed by atoms with Gasteiger partial charge in [0.1, 0.15) is 17.0 Å². The fraction of sp³-hybridized carbons (Fsp3) is 0.320. The average molecular weight is 446 g/mol. The third-order valence-corrected chi connectivity index (χ3v) is 6.03. The van der Waals surface area contributed by atoms with E-state index in [0.29, 0.717) is 35.5 Å². The maximum absolute atomic E-state index is 13.2. The van der Waals surface area contributed by atoms with E-state index in [1.165, 1.54) is 4.40 Å². The molecule has 0 saturated carbocycles. The molecule has 3 aromatic heterocycles. The summed E-state index contributed by atoms with van der Waals surface area (Å²) in [5, 5.41) is 3.47. The van der Waals surface area contributed by atoms with Crippen LogP contribution in [0.3, 0.4) is 0 Å². The highest BCUT2D eigenvalue weighted by Gasteiger charge is 2.20. The number of hydrogen-bond donors (Lipinski definition) is 1. The number of nitrogens with zero attached hydrogens (tertiary/aromatic N) is 4. The van der Waals surface area contributed by atoms with Crippen molar-refractivity contribution in [3.05, 3.63) is 82.4 Å². The highest BCUT2D eigenvalue weighted by atomic mass is 16.5. The van der Waals surface area contributed by atoms with Crippen LogP contribution >= 0.6 is 0 Å². The van der Waals surface area contributed by atoms with E-state index >= 15 is 0 Å². The Bertz CT molecular complexity index is 1320. The van der Waals surface area contributed by atoms with Crippen molar-refractivity contribution >= 4 is 22.6 Å². The van der Waals surface area contributed by atoms with Crippen LogP contribution in [0.4, 0.5) is 0 Å². The molecule has 4 aromatic rings. The Morgan fingerprint density at radius 2 is 1.85 bits per heavy atom. The quantitative estimate of drug-likeness (QED) is 0.441. The summed E-state index contributed by atoms with van der Waals surface area (Å²) >= 11 is 0. The third-order valence-electron chi connectivity index (χ3n) is 6.03. The van der Waals surface area contributed by atoms with Crippen LogP contribution in [0, 0.1) is 0 Å². The van der Waals surface area contributed by atoms with Gasteiger partial charge in [0.15, 0.2) is 0 Å². The van der Waals surface area contributed by atoms with E-state index in [1.807, 2.05) is 41.0 Å². The smallest absolute Gasteiger partial charge is 0.268 e. The molecule has 8 heteroatoms. The number of ether oxygens (including phenoxy) is 1. The summed E-state index contributed by atoms with van der Waals surface area (Å²) in [7, 11) is 0. The van der Waals surface area contributed by atoms with Crippen molar-refractivity contribution in [2.45, 2.75) is 13.0 Å². The van der Waals surface area contributed by atoms with Gasteiger partial charge in [-0.1, -0.05) is 36.4 Å². The van der Waals surface area contributed by atoms with Crippen LogP contribution in [0.25, 0.3) is 16.7 Å². The van der Waals surface area contributed by atoms with Crippen LogP contribution in [0.5, 0.6) is 0 Å². The van der Waals surface area contributed by atoms with Gasteiger partial charge in [-0.3, -0.25) is 18.9 Å². The van der Waals surface area contributed by atoms with Crippen LogP contribution < -0.4 is 10.9 Å². The van der Waals surface area contributed by atoms with Crippen molar-refractivity contribution in [2.75, 3.05) is 39.4 Å². The predicted molar refractivity (Wildman–Crippen MR) is 127 cm³/mol. The Morgan fingerprint density at radius 1 is 1.06 bits per heavy atom. The maximum atomic E-state index is 13.2. The summed E-state index contributed by atoms with van der Waals surface area (Å²) in [6.07, 6.45) is 2.56. The number of morpholine rings is 1. The lowest BCUT2D eigenvalue weighted by molar-refractivity contribution is 0.0374. The van der Waals surface area contributed by atoms with Crippen LogP contribution in [0.1, 0.15) is 22.5 Å². The van der Waals surface area contributed by atoms with Gasteiger partial charge in [-0.05, 0) is 36.7 Å². The number of carbonyl (C=O) groups excluding carboxylic acids is 1. The number of pyridine rings is 1. The first-order valence-corrected chi connectivity index (χ1v) is 11.3. The Balaban J connectivity index is 1.44. The Hall–Kier alpha value is -3.49. The van der Waals surface area contributed by atoms with E-state index in [-0.39, 0.29) is 11.5 Å². The molecule has 1 fully saturated rings. The van der Waals surface area contributed by atoms with Gasteiger partial charge in [0, 0.05) is 32.4 Å².